The van der Waals surface area contributed by atoms with Crippen molar-refractivity contribution in [2.75, 3.05) is 11.9 Å². The number of amides is 1. The minimum absolute atomic E-state index is 0. The number of benzene rings is 1. The first-order valence-electron chi connectivity index (χ1n) is 8.33. The minimum Gasteiger partial charge on any atom is -0.370 e. The summed E-state index contributed by atoms with van der Waals surface area (Å²) in [6.07, 6.45) is 8.70. The van der Waals surface area contributed by atoms with Crippen LogP contribution in [0.15, 0.2) is 29.3 Å². The molecule has 0 radical (unpaired) electrons. The van der Waals surface area contributed by atoms with Crippen LogP contribution in [0.4, 0.5) is 5.69 Å². The summed E-state index contributed by atoms with van der Waals surface area (Å²) in [6, 6.07) is 7.35. The Bertz CT molecular complexity index is 608. The standard InChI is InChI=1S/C19H28N4O.HI/c1-5-16-10-7-11-17(12-16)23-18(24)13-21-19(20)22-15(4)9-6-8-14(2)3;/h1,7,10-12,14-15H,6,8-9,13H2,2-4H3,(H,23,24)(H3,20,21,22);1H. The number of nitrogens with zero attached hydrogens (tertiary/aromatic N) is 1. The van der Waals surface area contributed by atoms with E-state index in [1.165, 1.54) is 6.42 Å². The van der Waals surface area contributed by atoms with E-state index < -0.39 is 0 Å². The van der Waals surface area contributed by atoms with E-state index in [4.69, 9.17) is 12.2 Å². The number of halogens is 1. The number of nitrogens with two attached hydrogens (primary N) is 1. The molecule has 138 valence electrons. The number of hydrogen-bond donors (Lipinski definition) is 3. The van der Waals surface area contributed by atoms with Crippen LogP contribution in [0.1, 0.15) is 45.6 Å². The monoisotopic (exact) mass is 456 g/mol. The molecule has 0 bridgehead atoms. The molecule has 0 spiro atoms. The van der Waals surface area contributed by atoms with E-state index in [9.17, 15) is 4.79 Å². The molecule has 6 heteroatoms. The Morgan fingerprint density at radius 2 is 2.04 bits per heavy atom. The lowest BCUT2D eigenvalue weighted by molar-refractivity contribution is -0.114. The maximum atomic E-state index is 11.9. The number of guanidine groups is 1. The van der Waals surface area contributed by atoms with Gasteiger partial charge in [0.2, 0.25) is 5.91 Å². The average molecular weight is 456 g/mol. The highest BCUT2D eigenvalue weighted by atomic mass is 127. The number of carbonyl (C=O) groups excluding carboxylic acids is 1. The first-order chi connectivity index (χ1) is 11.4. The van der Waals surface area contributed by atoms with Crippen molar-refractivity contribution in [2.45, 2.75) is 46.1 Å². The highest BCUT2D eigenvalue weighted by molar-refractivity contribution is 14.0. The zero-order chi connectivity index (χ0) is 17.9. The van der Waals surface area contributed by atoms with Gasteiger partial charge in [-0.2, -0.15) is 0 Å². The van der Waals surface area contributed by atoms with E-state index in [1.54, 1.807) is 24.3 Å². The lowest BCUT2D eigenvalue weighted by atomic mass is 10.0. The summed E-state index contributed by atoms with van der Waals surface area (Å²) in [7, 11) is 0. The topological polar surface area (TPSA) is 79.5 Å². The molecule has 1 atom stereocenters. The fraction of sp³-hybridized carbons (Fsp3) is 0.474. The highest BCUT2D eigenvalue weighted by Gasteiger charge is 2.05. The maximum absolute atomic E-state index is 11.9. The molecule has 0 aliphatic carbocycles. The van der Waals surface area contributed by atoms with Crippen LogP contribution >= 0.6 is 24.0 Å². The van der Waals surface area contributed by atoms with Gasteiger partial charge >= 0.3 is 0 Å². The van der Waals surface area contributed by atoms with Crippen molar-refractivity contribution in [3.05, 3.63) is 29.8 Å². The van der Waals surface area contributed by atoms with Gasteiger partial charge in [-0.3, -0.25) is 4.79 Å². The van der Waals surface area contributed by atoms with Gasteiger partial charge in [-0.25, -0.2) is 4.99 Å². The molecule has 4 N–H and O–H groups in total. The summed E-state index contributed by atoms with van der Waals surface area (Å²) in [5.41, 5.74) is 7.19. The predicted octanol–water partition coefficient (Wildman–Crippen LogP) is 3.34. The molecular weight excluding hydrogens is 427 g/mol. The average Bonchev–Trinajstić information content (AvgIpc) is 2.52. The number of anilines is 1. The first kappa shape index (κ1) is 23.2. The second kappa shape index (κ2) is 12.6. The molecule has 0 fully saturated rings. The summed E-state index contributed by atoms with van der Waals surface area (Å²) in [5, 5.41) is 5.86. The van der Waals surface area contributed by atoms with Gasteiger partial charge in [-0.1, -0.05) is 38.7 Å². The van der Waals surface area contributed by atoms with Crippen molar-refractivity contribution < 1.29 is 4.79 Å². The fourth-order valence-corrected chi connectivity index (χ4v) is 2.25. The molecule has 0 saturated carbocycles. The molecule has 0 heterocycles. The molecule has 0 saturated heterocycles. The normalized spacial score (nSPS) is 12.0. The molecule has 1 rings (SSSR count). The third kappa shape index (κ3) is 10.7. The number of terminal acetylenes is 1. The van der Waals surface area contributed by atoms with Crippen LogP contribution in [-0.4, -0.2) is 24.5 Å². The molecule has 0 aliphatic rings. The minimum atomic E-state index is -0.235. The van der Waals surface area contributed by atoms with E-state index >= 15 is 0 Å². The number of nitrogens with one attached hydrogen (secondary N) is 2. The number of aliphatic imine (C=N–C) groups is 1. The zero-order valence-electron chi connectivity index (χ0n) is 15.2. The second-order valence-electron chi connectivity index (χ2n) is 6.34. The summed E-state index contributed by atoms with van der Waals surface area (Å²) >= 11 is 0. The van der Waals surface area contributed by atoms with Gasteiger partial charge in [0.15, 0.2) is 5.96 Å². The van der Waals surface area contributed by atoms with Gasteiger partial charge in [0.1, 0.15) is 6.54 Å². The molecule has 1 amide bonds. The van der Waals surface area contributed by atoms with Crippen LogP contribution in [0.2, 0.25) is 0 Å². The Labute approximate surface area is 168 Å². The van der Waals surface area contributed by atoms with Crippen LogP contribution in [0.25, 0.3) is 0 Å². The SMILES string of the molecule is C#Cc1cccc(NC(=O)CN=C(N)NC(C)CCCC(C)C)c1.I. The van der Waals surface area contributed by atoms with Crippen molar-refractivity contribution >= 4 is 41.5 Å². The predicted molar refractivity (Wildman–Crippen MR) is 116 cm³/mol. The molecule has 1 aromatic rings. The lowest BCUT2D eigenvalue weighted by Crippen LogP contribution is -2.39. The molecule has 25 heavy (non-hydrogen) atoms. The molecule has 1 aromatic carbocycles. The Morgan fingerprint density at radius 3 is 2.68 bits per heavy atom. The molecular formula is C19H29IN4O. The summed E-state index contributed by atoms with van der Waals surface area (Å²) < 4.78 is 0. The summed E-state index contributed by atoms with van der Waals surface area (Å²) in [4.78, 5) is 16.0. The first-order valence-corrected chi connectivity index (χ1v) is 8.33. The molecule has 1 unspecified atom stereocenters. The van der Waals surface area contributed by atoms with Crippen molar-refractivity contribution in [1.29, 1.82) is 0 Å². The maximum Gasteiger partial charge on any atom is 0.246 e. The Balaban J connectivity index is 0.00000576. The third-order valence-electron chi connectivity index (χ3n) is 3.52. The number of hydrogen-bond acceptors (Lipinski definition) is 2. The largest absolute Gasteiger partial charge is 0.370 e. The van der Waals surface area contributed by atoms with Gasteiger partial charge in [-0.05, 0) is 37.5 Å². The van der Waals surface area contributed by atoms with Gasteiger partial charge in [0.05, 0.1) is 0 Å². The van der Waals surface area contributed by atoms with Crippen molar-refractivity contribution in [2.24, 2.45) is 16.6 Å². The van der Waals surface area contributed by atoms with E-state index in [0.717, 1.165) is 12.8 Å². The zero-order valence-corrected chi connectivity index (χ0v) is 17.5. The Kier molecular flexibility index (Phi) is 11.7. The van der Waals surface area contributed by atoms with Crippen LogP contribution in [0, 0.1) is 18.3 Å². The number of carbonyl (C=O) groups is 1. The fourth-order valence-electron chi connectivity index (χ4n) is 2.25. The quantitative estimate of drug-likeness (QED) is 0.243. The Hall–Kier alpha value is -1.75. The van der Waals surface area contributed by atoms with Gasteiger partial charge < -0.3 is 16.4 Å². The Morgan fingerprint density at radius 1 is 1.32 bits per heavy atom. The van der Waals surface area contributed by atoms with Crippen molar-refractivity contribution in [3.63, 3.8) is 0 Å². The van der Waals surface area contributed by atoms with Crippen LogP contribution in [0.3, 0.4) is 0 Å². The highest BCUT2D eigenvalue weighted by Crippen LogP contribution is 2.09. The summed E-state index contributed by atoms with van der Waals surface area (Å²) in [5.74, 6) is 3.29. The van der Waals surface area contributed by atoms with Gasteiger partial charge in [0, 0.05) is 17.3 Å². The number of rotatable bonds is 8. The van der Waals surface area contributed by atoms with Crippen molar-refractivity contribution in [1.82, 2.24) is 5.32 Å². The van der Waals surface area contributed by atoms with E-state index in [0.29, 0.717) is 23.1 Å². The third-order valence-corrected chi connectivity index (χ3v) is 3.52. The van der Waals surface area contributed by atoms with E-state index in [-0.39, 0.29) is 42.5 Å². The summed E-state index contributed by atoms with van der Waals surface area (Å²) in [6.45, 7) is 6.46. The van der Waals surface area contributed by atoms with E-state index in [1.807, 2.05) is 0 Å². The van der Waals surface area contributed by atoms with Crippen LogP contribution in [0.5, 0.6) is 0 Å². The molecule has 0 aromatic heterocycles. The second-order valence-corrected chi connectivity index (χ2v) is 6.34. The molecule has 0 aliphatic heterocycles. The van der Waals surface area contributed by atoms with Gasteiger partial charge in [0.25, 0.3) is 0 Å². The smallest absolute Gasteiger partial charge is 0.246 e. The van der Waals surface area contributed by atoms with Crippen molar-refractivity contribution in [3.8, 4) is 12.3 Å². The van der Waals surface area contributed by atoms with Crippen LogP contribution < -0.4 is 16.4 Å². The van der Waals surface area contributed by atoms with Gasteiger partial charge in [-0.15, -0.1) is 30.4 Å². The molecule has 5 nitrogen and oxygen atoms in total. The van der Waals surface area contributed by atoms with Crippen LogP contribution in [-0.2, 0) is 4.79 Å². The lowest BCUT2D eigenvalue weighted by Gasteiger charge is -2.15. The van der Waals surface area contributed by atoms with E-state index in [2.05, 4.69) is 42.3 Å².